The van der Waals surface area contributed by atoms with E-state index in [2.05, 4.69) is 53.3 Å². The van der Waals surface area contributed by atoms with E-state index in [4.69, 9.17) is 9.47 Å². The highest BCUT2D eigenvalue weighted by molar-refractivity contribution is 7.17. The summed E-state index contributed by atoms with van der Waals surface area (Å²) >= 11 is 1.81. The summed E-state index contributed by atoms with van der Waals surface area (Å²) in [7, 11) is 0. The fourth-order valence-corrected chi connectivity index (χ4v) is 6.30. The molecule has 0 spiro atoms. The highest BCUT2D eigenvalue weighted by Gasteiger charge is 2.37. The van der Waals surface area contributed by atoms with Gasteiger partial charge in [0.15, 0.2) is 6.73 Å². The molecule has 0 radical (unpaired) electrons. The second-order valence-corrected chi connectivity index (χ2v) is 11.8. The van der Waals surface area contributed by atoms with Crippen molar-refractivity contribution in [3.8, 4) is 5.75 Å². The van der Waals surface area contributed by atoms with Crippen molar-refractivity contribution in [2.45, 2.75) is 45.4 Å². The maximum atomic E-state index is 12.8. The van der Waals surface area contributed by atoms with Crippen LogP contribution in [-0.4, -0.2) is 62.8 Å². The molecule has 38 heavy (non-hydrogen) atoms. The molecule has 3 aromatic rings. The maximum absolute atomic E-state index is 12.8. The number of hydrogen-bond donors (Lipinski definition) is 0. The average Bonchev–Trinajstić information content (AvgIpc) is 3.37. The standard InChI is InChI=1S/C30H37N3O4S/c1-22(34)37-21-33-27-19-23(9-10-25(27)30(2,3)20-29(33)35)36-17-5-4-12-31-13-15-32(16-14-31)26-7-6-8-28-24(26)11-18-38-28/h6-11,18-19H,4-5,12-17,20-21H2,1-3H3. The molecule has 7 nitrogen and oxygen atoms in total. The number of esters is 1. The second-order valence-electron chi connectivity index (χ2n) is 10.8. The van der Waals surface area contributed by atoms with Gasteiger partial charge < -0.3 is 14.4 Å². The topological polar surface area (TPSA) is 62.3 Å². The molecule has 0 N–H and O–H groups in total. The Balaban J connectivity index is 1.09. The van der Waals surface area contributed by atoms with Crippen LogP contribution in [0.5, 0.6) is 5.75 Å². The highest BCUT2D eigenvalue weighted by Crippen LogP contribution is 2.42. The van der Waals surface area contributed by atoms with Gasteiger partial charge in [0.25, 0.3) is 0 Å². The summed E-state index contributed by atoms with van der Waals surface area (Å²) in [6.45, 7) is 11.4. The SMILES string of the molecule is CC(=O)OCN1C(=O)CC(C)(C)c2ccc(OCCCCN3CCN(c4cccc5sccc45)CC3)cc21. The summed E-state index contributed by atoms with van der Waals surface area (Å²) in [4.78, 5) is 30.7. The van der Waals surface area contributed by atoms with Crippen LogP contribution in [0.25, 0.3) is 10.1 Å². The summed E-state index contributed by atoms with van der Waals surface area (Å²) < 4.78 is 12.6. The van der Waals surface area contributed by atoms with Crippen molar-refractivity contribution in [1.82, 2.24) is 4.90 Å². The zero-order valence-corrected chi connectivity index (χ0v) is 23.4. The summed E-state index contributed by atoms with van der Waals surface area (Å²) in [6, 6.07) is 14.8. The van der Waals surface area contributed by atoms with Crippen LogP contribution >= 0.6 is 11.3 Å². The molecule has 3 heterocycles. The lowest BCUT2D eigenvalue weighted by atomic mass is 9.77. The molecule has 1 saturated heterocycles. The van der Waals surface area contributed by atoms with Gasteiger partial charge in [-0.3, -0.25) is 19.4 Å². The van der Waals surface area contributed by atoms with Crippen LogP contribution < -0.4 is 14.5 Å². The first-order valence-electron chi connectivity index (χ1n) is 13.5. The van der Waals surface area contributed by atoms with Gasteiger partial charge in [0, 0.05) is 66.8 Å². The van der Waals surface area contributed by atoms with Crippen molar-refractivity contribution in [1.29, 1.82) is 0 Å². The van der Waals surface area contributed by atoms with Gasteiger partial charge in [-0.2, -0.15) is 0 Å². The summed E-state index contributed by atoms with van der Waals surface area (Å²) in [5, 5.41) is 3.54. The molecular weight excluding hydrogens is 498 g/mol. The normalized spacial score (nSPS) is 17.5. The lowest BCUT2D eigenvalue weighted by molar-refractivity contribution is -0.141. The lowest BCUT2D eigenvalue weighted by Crippen LogP contribution is -2.46. The Kier molecular flexibility index (Phi) is 7.91. The number of hydrogen-bond acceptors (Lipinski definition) is 7. The molecule has 0 unspecified atom stereocenters. The van der Waals surface area contributed by atoms with Crippen LogP contribution in [0.2, 0.25) is 0 Å². The van der Waals surface area contributed by atoms with Gasteiger partial charge in [-0.25, -0.2) is 0 Å². The minimum Gasteiger partial charge on any atom is -0.494 e. The number of unbranched alkanes of at least 4 members (excludes halogenated alkanes) is 1. The lowest BCUT2D eigenvalue weighted by Gasteiger charge is -2.38. The quantitative estimate of drug-likeness (QED) is 0.269. The second kappa shape index (κ2) is 11.3. The third-order valence-electron chi connectivity index (χ3n) is 7.60. The minimum atomic E-state index is -0.405. The van der Waals surface area contributed by atoms with E-state index in [1.165, 1.54) is 22.7 Å². The van der Waals surface area contributed by atoms with Crippen LogP contribution in [-0.2, 0) is 19.7 Å². The monoisotopic (exact) mass is 535 g/mol. The highest BCUT2D eigenvalue weighted by atomic mass is 32.1. The molecule has 1 fully saturated rings. The molecule has 202 valence electrons. The molecule has 2 aliphatic heterocycles. The number of carbonyl (C=O) groups excluding carboxylic acids is 2. The summed E-state index contributed by atoms with van der Waals surface area (Å²) in [5.74, 6) is 0.282. The Labute approximate surface area is 228 Å². The molecule has 1 aromatic heterocycles. The molecule has 2 aliphatic rings. The first kappa shape index (κ1) is 26.5. The van der Waals surface area contributed by atoms with Crippen LogP contribution in [0, 0.1) is 0 Å². The van der Waals surface area contributed by atoms with E-state index < -0.39 is 5.97 Å². The molecular formula is C30H37N3O4S. The molecule has 8 heteroatoms. The number of nitrogens with zero attached hydrogens (tertiary/aromatic N) is 3. The fourth-order valence-electron chi connectivity index (χ4n) is 5.49. The van der Waals surface area contributed by atoms with Crippen LogP contribution in [0.3, 0.4) is 0 Å². The van der Waals surface area contributed by atoms with E-state index in [0.29, 0.717) is 13.0 Å². The van der Waals surface area contributed by atoms with Crippen molar-refractivity contribution in [3.05, 3.63) is 53.4 Å². The van der Waals surface area contributed by atoms with Crippen molar-refractivity contribution >= 4 is 44.7 Å². The summed E-state index contributed by atoms with van der Waals surface area (Å²) in [6.07, 6.45) is 2.42. The molecule has 1 amide bonds. The average molecular weight is 536 g/mol. The van der Waals surface area contributed by atoms with E-state index in [-0.39, 0.29) is 18.1 Å². The van der Waals surface area contributed by atoms with E-state index in [1.807, 2.05) is 18.2 Å². The van der Waals surface area contributed by atoms with E-state index in [9.17, 15) is 9.59 Å². The number of piperazine rings is 1. The first-order valence-corrected chi connectivity index (χ1v) is 14.3. The number of carbonyl (C=O) groups is 2. The number of anilines is 2. The number of benzene rings is 2. The van der Waals surface area contributed by atoms with Crippen LogP contribution in [0.4, 0.5) is 11.4 Å². The Morgan fingerprint density at radius 3 is 2.63 bits per heavy atom. The maximum Gasteiger partial charge on any atom is 0.304 e. The van der Waals surface area contributed by atoms with E-state index in [0.717, 1.165) is 62.6 Å². The number of amides is 1. The van der Waals surface area contributed by atoms with Gasteiger partial charge in [-0.15, -0.1) is 11.3 Å². The van der Waals surface area contributed by atoms with Gasteiger partial charge in [-0.1, -0.05) is 26.0 Å². The van der Waals surface area contributed by atoms with Crippen LogP contribution in [0.1, 0.15) is 45.6 Å². The number of fused-ring (bicyclic) bond motifs is 2. The Morgan fingerprint density at radius 1 is 1.03 bits per heavy atom. The third kappa shape index (κ3) is 5.81. The predicted octanol–water partition coefficient (Wildman–Crippen LogP) is 5.42. The van der Waals surface area contributed by atoms with Gasteiger partial charge >= 0.3 is 5.97 Å². The summed E-state index contributed by atoms with van der Waals surface area (Å²) in [5.41, 5.74) is 2.91. The Hall–Kier alpha value is -3.10. The zero-order valence-electron chi connectivity index (χ0n) is 22.6. The molecule has 0 atom stereocenters. The van der Waals surface area contributed by atoms with Gasteiger partial charge in [-0.05, 0) is 54.6 Å². The van der Waals surface area contributed by atoms with Crippen LogP contribution in [0.15, 0.2) is 47.8 Å². The Morgan fingerprint density at radius 2 is 1.84 bits per heavy atom. The van der Waals surface area contributed by atoms with Gasteiger partial charge in [0.05, 0.1) is 12.3 Å². The van der Waals surface area contributed by atoms with Gasteiger partial charge in [0.2, 0.25) is 5.91 Å². The molecule has 0 aliphatic carbocycles. The molecule has 5 rings (SSSR count). The van der Waals surface area contributed by atoms with E-state index >= 15 is 0 Å². The third-order valence-corrected chi connectivity index (χ3v) is 8.49. The largest absolute Gasteiger partial charge is 0.494 e. The first-order chi connectivity index (χ1) is 18.3. The predicted molar refractivity (Wildman–Crippen MR) is 153 cm³/mol. The van der Waals surface area contributed by atoms with Crippen molar-refractivity contribution in [2.24, 2.45) is 0 Å². The number of ether oxygens (including phenoxy) is 2. The number of rotatable bonds is 9. The molecule has 0 bridgehead atoms. The molecule has 0 saturated carbocycles. The zero-order chi connectivity index (χ0) is 26.7. The fraction of sp³-hybridized carbons (Fsp3) is 0.467. The number of thiophene rings is 1. The molecule has 2 aromatic carbocycles. The smallest absolute Gasteiger partial charge is 0.304 e. The Bertz CT molecular complexity index is 1300. The van der Waals surface area contributed by atoms with E-state index in [1.54, 1.807) is 16.2 Å². The van der Waals surface area contributed by atoms with Crippen molar-refractivity contribution in [2.75, 3.05) is 55.9 Å². The van der Waals surface area contributed by atoms with Crippen molar-refractivity contribution in [3.63, 3.8) is 0 Å². The minimum absolute atomic E-state index is 0.0481. The van der Waals surface area contributed by atoms with Gasteiger partial charge in [0.1, 0.15) is 5.75 Å². The van der Waals surface area contributed by atoms with Crippen molar-refractivity contribution < 1.29 is 19.1 Å².